The third kappa shape index (κ3) is 3.07. The molecule has 0 aliphatic carbocycles. The number of nitrogens with zero attached hydrogens (tertiary/aromatic N) is 1. The summed E-state index contributed by atoms with van der Waals surface area (Å²) in [6.07, 6.45) is 0.974. The third-order valence-corrected chi connectivity index (χ3v) is 3.37. The Kier molecular flexibility index (Phi) is 4.31. The minimum atomic E-state index is -0.287. The van der Waals surface area contributed by atoms with E-state index < -0.39 is 0 Å². The molecule has 1 aliphatic heterocycles. The predicted molar refractivity (Wildman–Crippen MR) is 68.9 cm³/mol. The lowest BCUT2D eigenvalue weighted by Gasteiger charge is -2.24. The molecule has 4 heteroatoms. The van der Waals surface area contributed by atoms with Gasteiger partial charge in [-0.2, -0.15) is 0 Å². The van der Waals surface area contributed by atoms with E-state index in [4.69, 9.17) is 0 Å². The fraction of sp³-hybridized carbons (Fsp3) is 0.500. The van der Waals surface area contributed by atoms with Gasteiger partial charge in [-0.15, -0.1) is 0 Å². The van der Waals surface area contributed by atoms with Crippen LogP contribution in [0.4, 0.5) is 4.39 Å². The average Bonchev–Trinajstić information content (AvgIpc) is 2.66. The van der Waals surface area contributed by atoms with Crippen molar-refractivity contribution in [1.82, 2.24) is 10.2 Å². The summed E-state index contributed by atoms with van der Waals surface area (Å²) in [6, 6.07) is 6.30. The summed E-state index contributed by atoms with van der Waals surface area (Å²) < 4.78 is 13.2. The van der Waals surface area contributed by atoms with Crippen molar-refractivity contribution in [2.24, 2.45) is 0 Å². The number of halogens is 1. The highest BCUT2D eigenvalue weighted by atomic mass is 19.1. The van der Waals surface area contributed by atoms with Gasteiger partial charge in [0.05, 0.1) is 5.92 Å². The third-order valence-electron chi connectivity index (χ3n) is 3.37. The maximum absolute atomic E-state index is 13.2. The van der Waals surface area contributed by atoms with E-state index in [9.17, 15) is 9.18 Å². The van der Waals surface area contributed by atoms with E-state index in [0.29, 0.717) is 0 Å². The Morgan fingerprint density at radius 2 is 2.22 bits per heavy atom. The molecule has 1 saturated heterocycles. The molecule has 98 valence electrons. The Bertz CT molecular complexity index is 414. The van der Waals surface area contributed by atoms with E-state index in [-0.39, 0.29) is 17.6 Å². The van der Waals surface area contributed by atoms with Crippen molar-refractivity contribution in [1.29, 1.82) is 0 Å². The first-order chi connectivity index (χ1) is 8.68. The highest BCUT2D eigenvalue weighted by molar-refractivity contribution is 5.83. The van der Waals surface area contributed by atoms with Crippen LogP contribution in [0.1, 0.15) is 24.8 Å². The van der Waals surface area contributed by atoms with Crippen molar-refractivity contribution < 1.29 is 9.18 Å². The number of nitrogens with one attached hydrogen (secondary N) is 1. The Labute approximate surface area is 107 Å². The van der Waals surface area contributed by atoms with Crippen LogP contribution in [-0.4, -0.2) is 37.0 Å². The molecule has 3 nitrogen and oxygen atoms in total. The normalized spacial score (nSPS) is 18.2. The van der Waals surface area contributed by atoms with Gasteiger partial charge in [0.15, 0.2) is 0 Å². The average molecular weight is 250 g/mol. The molecule has 0 radical (unpaired) electrons. The topological polar surface area (TPSA) is 32.3 Å². The van der Waals surface area contributed by atoms with Crippen molar-refractivity contribution in [2.45, 2.75) is 19.3 Å². The van der Waals surface area contributed by atoms with Gasteiger partial charge >= 0.3 is 0 Å². The quantitative estimate of drug-likeness (QED) is 0.867. The number of hydrogen-bond donors (Lipinski definition) is 1. The molecular weight excluding hydrogens is 231 g/mol. The van der Waals surface area contributed by atoms with Crippen LogP contribution in [0.25, 0.3) is 0 Å². The van der Waals surface area contributed by atoms with Gasteiger partial charge in [-0.05, 0) is 37.6 Å². The number of amides is 1. The molecule has 1 unspecified atom stereocenters. The molecule has 18 heavy (non-hydrogen) atoms. The smallest absolute Gasteiger partial charge is 0.229 e. The van der Waals surface area contributed by atoms with Gasteiger partial charge in [-0.25, -0.2) is 4.39 Å². The van der Waals surface area contributed by atoms with E-state index in [0.717, 1.165) is 38.2 Å². The Morgan fingerprint density at radius 3 is 3.00 bits per heavy atom. The highest BCUT2D eigenvalue weighted by Gasteiger charge is 2.22. The number of rotatable bonds is 2. The summed E-state index contributed by atoms with van der Waals surface area (Å²) in [5, 5.41) is 3.27. The second-order valence-electron chi connectivity index (χ2n) is 4.71. The van der Waals surface area contributed by atoms with Gasteiger partial charge < -0.3 is 10.2 Å². The summed E-state index contributed by atoms with van der Waals surface area (Å²) in [7, 11) is 0. The lowest BCUT2D eigenvalue weighted by atomic mass is 9.99. The van der Waals surface area contributed by atoms with E-state index in [1.54, 1.807) is 6.07 Å². The molecular formula is C14H19FN2O. The molecule has 1 amide bonds. The maximum Gasteiger partial charge on any atom is 0.229 e. The van der Waals surface area contributed by atoms with Crippen molar-refractivity contribution in [3.8, 4) is 0 Å². The molecule has 1 N–H and O–H groups in total. The standard InChI is InChI=1S/C14H19FN2O/c1-11(12-4-2-5-13(15)10-12)14(18)17-8-3-6-16-7-9-17/h2,4-5,10-11,16H,3,6-9H2,1H3. The minimum absolute atomic E-state index is 0.0873. The lowest BCUT2D eigenvalue weighted by Crippen LogP contribution is -2.36. The summed E-state index contributed by atoms with van der Waals surface area (Å²) in [6.45, 7) is 5.15. The second kappa shape index (κ2) is 5.96. The number of carbonyl (C=O) groups is 1. The van der Waals surface area contributed by atoms with Crippen LogP contribution in [0.5, 0.6) is 0 Å². The zero-order chi connectivity index (χ0) is 13.0. The Balaban J connectivity index is 2.07. The zero-order valence-corrected chi connectivity index (χ0v) is 10.7. The largest absolute Gasteiger partial charge is 0.341 e. The second-order valence-corrected chi connectivity index (χ2v) is 4.71. The van der Waals surface area contributed by atoms with Crippen molar-refractivity contribution in [3.63, 3.8) is 0 Å². The van der Waals surface area contributed by atoms with Crippen LogP contribution in [-0.2, 0) is 4.79 Å². The van der Waals surface area contributed by atoms with E-state index >= 15 is 0 Å². The summed E-state index contributed by atoms with van der Waals surface area (Å²) >= 11 is 0. The molecule has 2 rings (SSSR count). The Hall–Kier alpha value is -1.42. The molecule has 0 saturated carbocycles. The first-order valence-corrected chi connectivity index (χ1v) is 6.43. The molecule has 0 aromatic heterocycles. The van der Waals surface area contributed by atoms with Crippen LogP contribution in [0.2, 0.25) is 0 Å². The molecule has 1 heterocycles. The Morgan fingerprint density at radius 1 is 1.39 bits per heavy atom. The number of carbonyl (C=O) groups excluding carboxylic acids is 1. The molecule has 1 fully saturated rings. The van der Waals surface area contributed by atoms with E-state index in [1.807, 2.05) is 17.9 Å². The monoisotopic (exact) mass is 250 g/mol. The van der Waals surface area contributed by atoms with Crippen LogP contribution in [0, 0.1) is 5.82 Å². The molecule has 0 spiro atoms. The van der Waals surface area contributed by atoms with Crippen LogP contribution < -0.4 is 5.32 Å². The number of hydrogen-bond acceptors (Lipinski definition) is 2. The maximum atomic E-state index is 13.2. The van der Waals surface area contributed by atoms with Crippen molar-refractivity contribution in [3.05, 3.63) is 35.6 Å². The first kappa shape index (κ1) is 13.0. The number of benzene rings is 1. The van der Waals surface area contributed by atoms with Gasteiger partial charge in [0.25, 0.3) is 0 Å². The molecule has 0 bridgehead atoms. The van der Waals surface area contributed by atoms with Crippen LogP contribution in [0.3, 0.4) is 0 Å². The summed E-state index contributed by atoms with van der Waals surface area (Å²) in [5.74, 6) is -0.479. The van der Waals surface area contributed by atoms with Gasteiger partial charge in [-0.3, -0.25) is 4.79 Å². The molecule has 1 aromatic carbocycles. The van der Waals surface area contributed by atoms with Crippen molar-refractivity contribution in [2.75, 3.05) is 26.2 Å². The zero-order valence-electron chi connectivity index (χ0n) is 10.7. The molecule has 1 aliphatic rings. The summed E-state index contributed by atoms with van der Waals surface area (Å²) in [5.41, 5.74) is 0.747. The molecule has 1 aromatic rings. The van der Waals surface area contributed by atoms with Gasteiger partial charge in [0.2, 0.25) is 5.91 Å². The van der Waals surface area contributed by atoms with Gasteiger partial charge in [0, 0.05) is 19.6 Å². The first-order valence-electron chi connectivity index (χ1n) is 6.43. The lowest BCUT2D eigenvalue weighted by molar-refractivity contribution is -0.132. The summed E-state index contributed by atoms with van der Waals surface area (Å²) in [4.78, 5) is 14.2. The minimum Gasteiger partial charge on any atom is -0.341 e. The van der Waals surface area contributed by atoms with Crippen LogP contribution >= 0.6 is 0 Å². The van der Waals surface area contributed by atoms with Gasteiger partial charge in [-0.1, -0.05) is 12.1 Å². The highest BCUT2D eigenvalue weighted by Crippen LogP contribution is 2.19. The predicted octanol–water partition coefficient (Wildman–Crippen LogP) is 1.75. The SMILES string of the molecule is CC(C(=O)N1CCCNCC1)c1cccc(F)c1. The van der Waals surface area contributed by atoms with Crippen LogP contribution in [0.15, 0.2) is 24.3 Å². The fourth-order valence-electron chi connectivity index (χ4n) is 2.26. The van der Waals surface area contributed by atoms with E-state index in [2.05, 4.69) is 5.32 Å². The fourth-order valence-corrected chi connectivity index (χ4v) is 2.26. The van der Waals surface area contributed by atoms with Crippen molar-refractivity contribution >= 4 is 5.91 Å². The van der Waals surface area contributed by atoms with Gasteiger partial charge in [0.1, 0.15) is 5.82 Å². The van der Waals surface area contributed by atoms with E-state index in [1.165, 1.54) is 12.1 Å². The molecule has 1 atom stereocenters.